The van der Waals surface area contributed by atoms with Crippen LogP contribution in [0.4, 0.5) is 5.69 Å². The Labute approximate surface area is 204 Å². The third-order valence-electron chi connectivity index (χ3n) is 5.95. The molecule has 2 amide bonds. The normalized spacial score (nSPS) is 14.1. The monoisotopic (exact) mass is 472 g/mol. The second-order valence-corrected chi connectivity index (χ2v) is 8.33. The number of pyridine rings is 1. The molecular weight excluding hydrogens is 444 g/mol. The van der Waals surface area contributed by atoms with Gasteiger partial charge in [0.05, 0.1) is 0 Å². The first-order chi connectivity index (χ1) is 17.0. The van der Waals surface area contributed by atoms with Crippen LogP contribution in [0.1, 0.15) is 34.3 Å². The Balaban J connectivity index is 1.39. The van der Waals surface area contributed by atoms with E-state index >= 15 is 0 Å². The first kappa shape index (κ1) is 24.0. The molecule has 4 rings (SSSR count). The number of anilines is 1. The molecule has 35 heavy (non-hydrogen) atoms. The van der Waals surface area contributed by atoms with Crippen molar-refractivity contribution in [3.05, 3.63) is 89.6 Å². The first-order valence-corrected chi connectivity index (χ1v) is 11.5. The predicted molar refractivity (Wildman–Crippen MR) is 134 cm³/mol. The number of carbonyl (C=O) groups excluding carboxylic acids is 2. The largest absolute Gasteiger partial charge is 0.438 e. The highest BCUT2D eigenvalue weighted by atomic mass is 16.5. The fourth-order valence-electron chi connectivity index (χ4n) is 4.07. The quantitative estimate of drug-likeness (QED) is 0.272. The topological polar surface area (TPSA) is 104 Å². The van der Waals surface area contributed by atoms with Crippen LogP contribution in [0.2, 0.25) is 0 Å². The molecule has 0 atom stereocenters. The van der Waals surface area contributed by atoms with Gasteiger partial charge in [0, 0.05) is 37.1 Å². The highest BCUT2D eigenvalue weighted by Crippen LogP contribution is 2.27. The fourth-order valence-corrected chi connectivity index (χ4v) is 4.07. The highest BCUT2D eigenvalue weighted by Gasteiger charge is 2.24. The fraction of sp³-hybridized carbons (Fsp3) is 0.222. The molecule has 2 heterocycles. The van der Waals surface area contributed by atoms with E-state index in [-0.39, 0.29) is 17.8 Å². The van der Waals surface area contributed by atoms with Crippen LogP contribution in [0.5, 0.6) is 11.6 Å². The Morgan fingerprint density at radius 2 is 1.80 bits per heavy atom. The number of nitrogens with one attached hydrogen (secondary N) is 2. The lowest BCUT2D eigenvalue weighted by molar-refractivity contribution is -0.124. The summed E-state index contributed by atoms with van der Waals surface area (Å²) in [5, 5.41) is 11.8. The molecule has 1 aromatic heterocycles. The number of hydrogen-bond donors (Lipinski definition) is 3. The minimum absolute atomic E-state index is 0.0214. The molecule has 8 heteroatoms. The third-order valence-corrected chi connectivity index (χ3v) is 5.95. The van der Waals surface area contributed by atoms with Crippen molar-refractivity contribution in [1.29, 1.82) is 0 Å². The molecule has 0 saturated carbocycles. The van der Waals surface area contributed by atoms with Crippen molar-refractivity contribution in [3.63, 3.8) is 0 Å². The van der Waals surface area contributed by atoms with E-state index in [2.05, 4.69) is 15.2 Å². The molecule has 0 spiro atoms. The molecule has 0 radical (unpaired) electrons. The average Bonchev–Trinajstić information content (AvgIpc) is 2.89. The second-order valence-electron chi connectivity index (χ2n) is 8.33. The number of hydrogen-bond acceptors (Lipinski definition) is 6. The number of carbonyl (C=O) groups is 2. The molecule has 1 saturated heterocycles. The predicted octanol–water partition coefficient (Wildman–Crippen LogP) is 4.10. The van der Waals surface area contributed by atoms with Crippen LogP contribution in [0, 0.1) is 6.92 Å². The Bertz CT molecular complexity index is 1220. The van der Waals surface area contributed by atoms with Crippen molar-refractivity contribution in [2.75, 3.05) is 18.0 Å². The molecule has 0 bridgehead atoms. The number of ether oxygens (including phenoxy) is 1. The number of hydroxylamine groups is 1. The van der Waals surface area contributed by atoms with Gasteiger partial charge in [-0.1, -0.05) is 36.4 Å². The molecular formula is C27H28N4O4. The smallest absolute Gasteiger partial charge is 0.267 e. The molecule has 1 fully saturated rings. The molecule has 8 nitrogen and oxygen atoms in total. The van der Waals surface area contributed by atoms with Gasteiger partial charge in [-0.15, -0.1) is 0 Å². The van der Waals surface area contributed by atoms with Gasteiger partial charge in [0.25, 0.3) is 11.8 Å². The van der Waals surface area contributed by atoms with Gasteiger partial charge < -0.3 is 15.0 Å². The maximum Gasteiger partial charge on any atom is 0.267 e. The van der Waals surface area contributed by atoms with Crippen molar-refractivity contribution in [3.8, 4) is 11.6 Å². The van der Waals surface area contributed by atoms with Crippen LogP contribution in [0.3, 0.4) is 0 Å². The first-order valence-electron chi connectivity index (χ1n) is 11.5. The summed E-state index contributed by atoms with van der Waals surface area (Å²) in [5.41, 5.74) is 4.84. The van der Waals surface area contributed by atoms with Gasteiger partial charge in [-0.25, -0.2) is 10.5 Å². The van der Waals surface area contributed by atoms with E-state index in [4.69, 9.17) is 9.94 Å². The SMILES string of the molecule is Cc1ccccc1Oc1ncccc1C(=O)NC1CCN(c2ccccc2C=CC(=O)NO)CC1. The molecule has 3 aromatic rings. The standard InChI is InChI=1S/C27H28N4O4/c1-19-7-2-5-11-24(19)35-27-22(9-6-16-28-27)26(33)29-21-14-17-31(18-15-21)23-10-4-3-8-20(23)12-13-25(32)30-34/h2-13,16,21,34H,14-15,17-18H2,1H3,(H,29,33)(H,30,32). The van der Waals surface area contributed by atoms with Crippen molar-refractivity contribution < 1.29 is 19.5 Å². The van der Waals surface area contributed by atoms with E-state index in [1.165, 1.54) is 6.08 Å². The molecule has 2 aromatic carbocycles. The average molecular weight is 473 g/mol. The Morgan fingerprint density at radius 1 is 1.06 bits per heavy atom. The maximum absolute atomic E-state index is 13.1. The molecule has 0 aliphatic carbocycles. The van der Waals surface area contributed by atoms with E-state index in [9.17, 15) is 9.59 Å². The van der Waals surface area contributed by atoms with Crippen LogP contribution in [-0.4, -0.2) is 41.1 Å². The molecule has 3 N–H and O–H groups in total. The van der Waals surface area contributed by atoms with Crippen LogP contribution >= 0.6 is 0 Å². The summed E-state index contributed by atoms with van der Waals surface area (Å²) in [6.07, 6.45) is 6.12. The number of piperidine rings is 1. The summed E-state index contributed by atoms with van der Waals surface area (Å²) in [5.74, 6) is 0.156. The van der Waals surface area contributed by atoms with E-state index in [1.807, 2.05) is 55.5 Å². The summed E-state index contributed by atoms with van der Waals surface area (Å²) in [7, 11) is 0. The van der Waals surface area contributed by atoms with E-state index < -0.39 is 5.91 Å². The third kappa shape index (κ3) is 6.04. The van der Waals surface area contributed by atoms with Crippen LogP contribution in [0.15, 0.2) is 72.9 Å². The summed E-state index contributed by atoms with van der Waals surface area (Å²) in [6, 6.07) is 18.8. The van der Waals surface area contributed by atoms with Gasteiger partial charge in [-0.05, 0) is 61.2 Å². The number of nitrogens with zero attached hydrogens (tertiary/aromatic N) is 2. The Hall–Kier alpha value is -4.17. The van der Waals surface area contributed by atoms with E-state index in [1.54, 1.807) is 29.9 Å². The van der Waals surface area contributed by atoms with Crippen molar-refractivity contribution >= 4 is 23.6 Å². The maximum atomic E-state index is 13.1. The van der Waals surface area contributed by atoms with Gasteiger partial charge in [-0.3, -0.25) is 14.8 Å². The number of aryl methyl sites for hydroxylation is 1. The Kier molecular flexibility index (Phi) is 7.74. The zero-order valence-electron chi connectivity index (χ0n) is 19.5. The van der Waals surface area contributed by atoms with Crippen molar-refractivity contribution in [2.24, 2.45) is 0 Å². The number of benzene rings is 2. The van der Waals surface area contributed by atoms with Gasteiger partial charge in [0.1, 0.15) is 11.3 Å². The number of aromatic nitrogens is 1. The second kappa shape index (κ2) is 11.3. The highest BCUT2D eigenvalue weighted by molar-refractivity contribution is 5.96. The number of rotatable bonds is 7. The number of para-hydroxylation sites is 2. The lowest BCUT2D eigenvalue weighted by Gasteiger charge is -2.34. The van der Waals surface area contributed by atoms with Gasteiger partial charge in [-0.2, -0.15) is 0 Å². The van der Waals surface area contributed by atoms with Gasteiger partial charge >= 0.3 is 0 Å². The minimum Gasteiger partial charge on any atom is -0.438 e. The molecule has 1 aliphatic heterocycles. The zero-order chi connectivity index (χ0) is 24.6. The zero-order valence-corrected chi connectivity index (χ0v) is 19.5. The Morgan fingerprint density at radius 3 is 2.57 bits per heavy atom. The molecule has 0 unspecified atom stereocenters. The van der Waals surface area contributed by atoms with Crippen LogP contribution in [-0.2, 0) is 4.79 Å². The summed E-state index contributed by atoms with van der Waals surface area (Å²) in [6.45, 7) is 3.45. The summed E-state index contributed by atoms with van der Waals surface area (Å²) >= 11 is 0. The van der Waals surface area contributed by atoms with Crippen molar-refractivity contribution in [1.82, 2.24) is 15.8 Å². The lowest BCUT2D eigenvalue weighted by Crippen LogP contribution is -2.45. The van der Waals surface area contributed by atoms with Crippen LogP contribution in [0.25, 0.3) is 6.08 Å². The molecule has 180 valence electrons. The molecule has 1 aliphatic rings. The van der Waals surface area contributed by atoms with Gasteiger partial charge in [0.15, 0.2) is 0 Å². The minimum atomic E-state index is -0.581. The van der Waals surface area contributed by atoms with E-state index in [0.29, 0.717) is 11.3 Å². The van der Waals surface area contributed by atoms with Crippen molar-refractivity contribution in [2.45, 2.75) is 25.8 Å². The van der Waals surface area contributed by atoms with Gasteiger partial charge in [0.2, 0.25) is 5.88 Å². The van der Waals surface area contributed by atoms with Crippen LogP contribution < -0.4 is 20.4 Å². The van der Waals surface area contributed by atoms with E-state index in [0.717, 1.165) is 42.7 Å². The number of amides is 2. The summed E-state index contributed by atoms with van der Waals surface area (Å²) < 4.78 is 5.96. The lowest BCUT2D eigenvalue weighted by atomic mass is 10.0. The summed E-state index contributed by atoms with van der Waals surface area (Å²) in [4.78, 5) is 31.0.